The molecule has 0 bridgehead atoms. The zero-order valence-corrected chi connectivity index (χ0v) is 13.5. The first-order chi connectivity index (χ1) is 10.7. The lowest BCUT2D eigenvalue weighted by Crippen LogP contribution is -2.38. The van der Waals surface area contributed by atoms with Gasteiger partial charge >= 0.3 is 6.03 Å². The predicted octanol–water partition coefficient (Wildman–Crippen LogP) is 1.62. The van der Waals surface area contributed by atoms with Crippen molar-refractivity contribution >= 4 is 6.03 Å². The Balaban J connectivity index is 1.72. The van der Waals surface area contributed by atoms with Gasteiger partial charge in [-0.25, -0.2) is 9.78 Å². The van der Waals surface area contributed by atoms with Crippen LogP contribution >= 0.6 is 0 Å². The van der Waals surface area contributed by atoms with Crippen LogP contribution in [0.4, 0.5) is 4.79 Å². The molecule has 2 amide bonds. The third kappa shape index (κ3) is 4.87. The number of hydrogen-bond donors (Lipinski definition) is 2. The second-order valence-electron chi connectivity index (χ2n) is 5.51. The summed E-state index contributed by atoms with van der Waals surface area (Å²) in [5, 5.41) is 5.82. The standard InChI is InChI=1S/C16H26N4O2/c1-3-20-9-7-13(12-20)10-18-16(21)19-11-14-6-5-8-17-15(14)22-4-2/h5-6,8,13H,3-4,7,9-12H2,1-2H3,(H2,18,19,21). The third-order valence-corrected chi connectivity index (χ3v) is 3.94. The highest BCUT2D eigenvalue weighted by Gasteiger charge is 2.21. The van der Waals surface area contributed by atoms with Crippen LogP contribution in [0.3, 0.4) is 0 Å². The van der Waals surface area contributed by atoms with Gasteiger partial charge in [0.1, 0.15) is 0 Å². The SMILES string of the molecule is CCOc1ncccc1CNC(=O)NCC1CCN(CC)C1. The molecule has 1 aliphatic rings. The molecule has 1 aromatic heterocycles. The lowest BCUT2D eigenvalue weighted by atomic mass is 10.1. The topological polar surface area (TPSA) is 66.5 Å². The van der Waals surface area contributed by atoms with Crippen LogP contribution in [0.1, 0.15) is 25.8 Å². The molecule has 0 saturated carbocycles. The molecule has 6 nitrogen and oxygen atoms in total. The molecule has 1 saturated heterocycles. The number of urea groups is 1. The highest BCUT2D eigenvalue weighted by Crippen LogP contribution is 2.15. The molecule has 1 aromatic rings. The minimum absolute atomic E-state index is 0.138. The zero-order valence-electron chi connectivity index (χ0n) is 13.5. The quantitative estimate of drug-likeness (QED) is 0.803. The van der Waals surface area contributed by atoms with E-state index in [0.29, 0.717) is 24.9 Å². The van der Waals surface area contributed by atoms with E-state index in [1.807, 2.05) is 19.1 Å². The number of aromatic nitrogens is 1. The summed E-state index contributed by atoms with van der Waals surface area (Å²) < 4.78 is 5.45. The van der Waals surface area contributed by atoms with Crippen LogP contribution in [-0.4, -0.2) is 48.7 Å². The fourth-order valence-electron chi connectivity index (χ4n) is 2.67. The highest BCUT2D eigenvalue weighted by atomic mass is 16.5. The smallest absolute Gasteiger partial charge is 0.315 e. The van der Waals surface area contributed by atoms with Crippen molar-refractivity contribution in [3.63, 3.8) is 0 Å². The molecule has 22 heavy (non-hydrogen) atoms. The van der Waals surface area contributed by atoms with Gasteiger partial charge in [-0.05, 0) is 38.4 Å². The second kappa shape index (κ2) is 8.58. The van der Waals surface area contributed by atoms with E-state index in [9.17, 15) is 4.79 Å². The van der Waals surface area contributed by atoms with Crippen LogP contribution in [0, 0.1) is 5.92 Å². The summed E-state index contributed by atoms with van der Waals surface area (Å²) in [6.07, 6.45) is 2.85. The number of pyridine rings is 1. The molecule has 1 unspecified atom stereocenters. The Morgan fingerprint density at radius 3 is 3.05 bits per heavy atom. The van der Waals surface area contributed by atoms with E-state index >= 15 is 0 Å². The van der Waals surface area contributed by atoms with Gasteiger partial charge in [-0.1, -0.05) is 13.0 Å². The second-order valence-corrected chi connectivity index (χ2v) is 5.51. The van der Waals surface area contributed by atoms with E-state index in [1.54, 1.807) is 6.20 Å². The molecule has 1 aliphatic heterocycles. The number of hydrogen-bond acceptors (Lipinski definition) is 4. The Morgan fingerprint density at radius 2 is 2.32 bits per heavy atom. The first kappa shape index (κ1) is 16.5. The van der Waals surface area contributed by atoms with Gasteiger partial charge in [0.25, 0.3) is 0 Å². The van der Waals surface area contributed by atoms with E-state index in [1.165, 1.54) is 0 Å². The number of ether oxygens (including phenoxy) is 1. The maximum atomic E-state index is 11.9. The van der Waals surface area contributed by atoms with E-state index in [0.717, 1.165) is 38.2 Å². The minimum atomic E-state index is -0.138. The number of carbonyl (C=O) groups excluding carboxylic acids is 1. The van der Waals surface area contributed by atoms with E-state index in [4.69, 9.17) is 4.74 Å². The molecule has 2 rings (SSSR count). The van der Waals surface area contributed by atoms with Gasteiger partial charge in [0.15, 0.2) is 0 Å². The van der Waals surface area contributed by atoms with Gasteiger partial charge < -0.3 is 20.3 Å². The highest BCUT2D eigenvalue weighted by molar-refractivity contribution is 5.73. The van der Waals surface area contributed by atoms with Crippen molar-refractivity contribution in [3.8, 4) is 5.88 Å². The first-order valence-corrected chi connectivity index (χ1v) is 8.03. The van der Waals surface area contributed by atoms with E-state index in [-0.39, 0.29) is 6.03 Å². The van der Waals surface area contributed by atoms with Gasteiger partial charge in [-0.3, -0.25) is 0 Å². The van der Waals surface area contributed by atoms with Crippen molar-refractivity contribution in [2.24, 2.45) is 5.92 Å². The average Bonchev–Trinajstić information content (AvgIpc) is 3.00. The molecule has 6 heteroatoms. The summed E-state index contributed by atoms with van der Waals surface area (Å²) >= 11 is 0. The van der Waals surface area contributed by atoms with Crippen molar-refractivity contribution in [2.45, 2.75) is 26.8 Å². The summed E-state index contributed by atoms with van der Waals surface area (Å²) in [5.74, 6) is 1.14. The van der Waals surface area contributed by atoms with Crippen LogP contribution in [0.2, 0.25) is 0 Å². The van der Waals surface area contributed by atoms with Crippen LogP contribution in [0.15, 0.2) is 18.3 Å². The molecule has 2 heterocycles. The summed E-state index contributed by atoms with van der Waals surface area (Å²) in [7, 11) is 0. The van der Waals surface area contributed by atoms with Crippen LogP contribution in [-0.2, 0) is 6.54 Å². The van der Waals surface area contributed by atoms with Gasteiger partial charge in [-0.15, -0.1) is 0 Å². The summed E-state index contributed by atoms with van der Waals surface area (Å²) in [6, 6.07) is 3.62. The van der Waals surface area contributed by atoms with Crippen LogP contribution < -0.4 is 15.4 Å². The van der Waals surface area contributed by atoms with E-state index in [2.05, 4.69) is 27.4 Å². The van der Waals surface area contributed by atoms with Crippen molar-refractivity contribution in [1.82, 2.24) is 20.5 Å². The maximum absolute atomic E-state index is 11.9. The fraction of sp³-hybridized carbons (Fsp3) is 0.625. The fourth-order valence-corrected chi connectivity index (χ4v) is 2.67. The first-order valence-electron chi connectivity index (χ1n) is 8.03. The van der Waals surface area contributed by atoms with Crippen molar-refractivity contribution < 1.29 is 9.53 Å². The van der Waals surface area contributed by atoms with Gasteiger partial charge in [0.05, 0.1) is 6.61 Å². The maximum Gasteiger partial charge on any atom is 0.315 e. The molecule has 1 atom stereocenters. The normalized spacial score (nSPS) is 18.2. The number of nitrogens with one attached hydrogen (secondary N) is 2. The third-order valence-electron chi connectivity index (χ3n) is 3.94. The number of rotatable bonds is 7. The molecular formula is C16H26N4O2. The van der Waals surface area contributed by atoms with Gasteiger partial charge in [0.2, 0.25) is 5.88 Å². The van der Waals surface area contributed by atoms with Crippen molar-refractivity contribution in [3.05, 3.63) is 23.9 Å². The van der Waals surface area contributed by atoms with Crippen molar-refractivity contribution in [2.75, 3.05) is 32.8 Å². The van der Waals surface area contributed by atoms with Crippen molar-refractivity contribution in [1.29, 1.82) is 0 Å². The zero-order chi connectivity index (χ0) is 15.8. The Hall–Kier alpha value is -1.82. The molecule has 0 aliphatic carbocycles. The predicted molar refractivity (Wildman–Crippen MR) is 85.9 cm³/mol. The Labute approximate surface area is 132 Å². The summed E-state index contributed by atoms with van der Waals surface area (Å²) in [6.45, 7) is 9.10. The number of amides is 2. The minimum Gasteiger partial charge on any atom is -0.478 e. The lowest BCUT2D eigenvalue weighted by molar-refractivity contribution is 0.238. The number of nitrogens with zero attached hydrogens (tertiary/aromatic N) is 2. The Kier molecular flexibility index (Phi) is 6.45. The molecule has 1 fully saturated rings. The van der Waals surface area contributed by atoms with E-state index < -0.39 is 0 Å². The molecule has 0 radical (unpaired) electrons. The Morgan fingerprint density at radius 1 is 1.45 bits per heavy atom. The Bertz CT molecular complexity index is 481. The van der Waals surface area contributed by atoms with Gasteiger partial charge in [0, 0.05) is 31.4 Å². The summed E-state index contributed by atoms with van der Waals surface area (Å²) in [5.41, 5.74) is 0.887. The monoisotopic (exact) mass is 306 g/mol. The molecule has 0 aromatic carbocycles. The molecule has 0 spiro atoms. The molecule has 122 valence electrons. The van der Waals surface area contributed by atoms with Crippen LogP contribution in [0.5, 0.6) is 5.88 Å². The summed E-state index contributed by atoms with van der Waals surface area (Å²) in [4.78, 5) is 18.5. The average molecular weight is 306 g/mol. The largest absolute Gasteiger partial charge is 0.478 e. The number of likely N-dealkylation sites (tertiary alicyclic amines) is 1. The van der Waals surface area contributed by atoms with Crippen LogP contribution in [0.25, 0.3) is 0 Å². The molecule has 2 N–H and O–H groups in total. The lowest BCUT2D eigenvalue weighted by Gasteiger charge is -2.14. The van der Waals surface area contributed by atoms with Gasteiger partial charge in [-0.2, -0.15) is 0 Å². The molecular weight excluding hydrogens is 280 g/mol. The number of carbonyl (C=O) groups is 1.